The van der Waals surface area contributed by atoms with E-state index in [2.05, 4.69) is 15.3 Å². The summed E-state index contributed by atoms with van der Waals surface area (Å²) in [6, 6.07) is 3.14. The van der Waals surface area contributed by atoms with Gasteiger partial charge in [0.2, 0.25) is 5.91 Å². The van der Waals surface area contributed by atoms with Crippen LogP contribution in [0.4, 0.5) is 5.82 Å². The number of aromatic nitrogens is 3. The first-order chi connectivity index (χ1) is 12.3. The van der Waals surface area contributed by atoms with Crippen LogP contribution < -0.4 is 10.9 Å². The van der Waals surface area contributed by atoms with Crippen LogP contribution >= 0.6 is 0 Å². The van der Waals surface area contributed by atoms with Gasteiger partial charge in [-0.2, -0.15) is 0 Å². The number of rotatable bonds is 4. The summed E-state index contributed by atoms with van der Waals surface area (Å²) < 4.78 is 7.16. The minimum Gasteiger partial charge on any atom is -0.388 e. The van der Waals surface area contributed by atoms with Crippen LogP contribution in [0.5, 0.6) is 0 Å². The highest BCUT2D eigenvalue weighted by atomic mass is 16.5. The lowest BCUT2D eigenvalue weighted by Crippen LogP contribution is -2.32. The number of nitrogens with one attached hydrogen (secondary N) is 1. The third-order valence-corrected chi connectivity index (χ3v) is 4.83. The number of aliphatic hydroxyl groups is 1. The summed E-state index contributed by atoms with van der Waals surface area (Å²) in [4.78, 5) is 33.0. The predicted molar refractivity (Wildman–Crippen MR) is 96.6 cm³/mol. The van der Waals surface area contributed by atoms with Crippen molar-refractivity contribution in [3.05, 3.63) is 28.8 Å². The molecule has 4 atom stereocenters. The molecule has 0 spiro atoms. The van der Waals surface area contributed by atoms with Gasteiger partial charge in [-0.05, 0) is 18.6 Å². The average molecular weight is 360 g/mol. The van der Waals surface area contributed by atoms with Crippen LogP contribution in [0, 0.1) is 11.8 Å². The van der Waals surface area contributed by atoms with E-state index in [1.54, 1.807) is 26.0 Å². The zero-order valence-electron chi connectivity index (χ0n) is 15.3. The summed E-state index contributed by atoms with van der Waals surface area (Å²) in [5.74, 6) is -0.0627. The second kappa shape index (κ2) is 7.13. The Kier molecular flexibility index (Phi) is 5.06. The molecule has 8 nitrogen and oxygen atoms in total. The fourth-order valence-corrected chi connectivity index (χ4v) is 3.10. The summed E-state index contributed by atoms with van der Waals surface area (Å²) in [5, 5.41) is 13.4. The number of pyridine rings is 1. The van der Waals surface area contributed by atoms with Crippen LogP contribution in [0.2, 0.25) is 0 Å². The van der Waals surface area contributed by atoms with E-state index in [0.717, 1.165) is 6.42 Å². The molecule has 0 saturated carbocycles. The van der Waals surface area contributed by atoms with E-state index in [9.17, 15) is 14.7 Å². The van der Waals surface area contributed by atoms with E-state index < -0.39 is 12.3 Å². The second-order valence-corrected chi connectivity index (χ2v) is 6.99. The maximum Gasteiger partial charge on any atom is 0.265 e. The van der Waals surface area contributed by atoms with Crippen molar-refractivity contribution in [2.75, 3.05) is 5.32 Å². The van der Waals surface area contributed by atoms with Gasteiger partial charge in [0.15, 0.2) is 11.9 Å². The van der Waals surface area contributed by atoms with E-state index >= 15 is 0 Å². The summed E-state index contributed by atoms with van der Waals surface area (Å²) in [5.41, 5.74) is -0.0994. The van der Waals surface area contributed by atoms with Crippen LogP contribution in [0.3, 0.4) is 0 Å². The normalized spacial score (nSPS) is 25.8. The van der Waals surface area contributed by atoms with E-state index in [1.165, 1.54) is 10.9 Å². The second-order valence-electron chi connectivity index (χ2n) is 6.99. The maximum atomic E-state index is 12.8. The Balaban J connectivity index is 1.95. The molecule has 26 heavy (non-hydrogen) atoms. The molecule has 1 amide bonds. The summed E-state index contributed by atoms with van der Waals surface area (Å²) in [7, 11) is 0. The molecule has 3 rings (SSSR count). The molecule has 140 valence electrons. The molecular formula is C18H24N4O4. The molecule has 1 fully saturated rings. The van der Waals surface area contributed by atoms with Crippen molar-refractivity contribution in [2.45, 2.75) is 52.6 Å². The van der Waals surface area contributed by atoms with Crippen LogP contribution in [0.1, 0.15) is 40.3 Å². The Morgan fingerprint density at radius 2 is 2.15 bits per heavy atom. The fraction of sp³-hybridized carbons (Fsp3) is 0.556. The van der Waals surface area contributed by atoms with Gasteiger partial charge in [-0.3, -0.25) is 14.2 Å². The Hall–Kier alpha value is -2.32. The lowest BCUT2D eigenvalue weighted by Gasteiger charge is -2.18. The van der Waals surface area contributed by atoms with Crippen molar-refractivity contribution in [3.63, 3.8) is 0 Å². The van der Waals surface area contributed by atoms with Gasteiger partial charge < -0.3 is 15.2 Å². The third-order valence-electron chi connectivity index (χ3n) is 4.83. The highest BCUT2D eigenvalue weighted by molar-refractivity contribution is 5.92. The number of aliphatic hydroxyl groups excluding tert-OH is 1. The molecule has 0 aliphatic carbocycles. The number of ether oxygens (including phenoxy) is 1. The zero-order valence-corrected chi connectivity index (χ0v) is 15.3. The monoisotopic (exact) mass is 360 g/mol. The van der Waals surface area contributed by atoms with Crippen LogP contribution in [0.15, 0.2) is 23.3 Å². The lowest BCUT2D eigenvalue weighted by molar-refractivity contribution is -0.118. The topological polar surface area (TPSA) is 106 Å². The highest BCUT2D eigenvalue weighted by Gasteiger charge is 2.41. The van der Waals surface area contributed by atoms with Crippen molar-refractivity contribution in [3.8, 4) is 0 Å². The molecule has 2 aromatic rings. The standard InChI is InChI=1S/C18H24N4O4/c1-5-12-10(4)14(23)18(26-12)22-8-19-15-11(17(22)25)6-7-13(20-15)21-16(24)9(2)3/h6-10,12,14,18,23H,5H2,1-4H3,(H,20,21,24)/t10-,12-,14-,18-/m1/s1. The molecule has 0 bridgehead atoms. The molecular weight excluding hydrogens is 336 g/mol. The molecule has 0 unspecified atom stereocenters. The van der Waals surface area contributed by atoms with Gasteiger partial charge in [0.1, 0.15) is 18.2 Å². The van der Waals surface area contributed by atoms with Gasteiger partial charge in [-0.25, -0.2) is 9.97 Å². The molecule has 2 aromatic heterocycles. The fourth-order valence-electron chi connectivity index (χ4n) is 3.10. The maximum absolute atomic E-state index is 12.8. The van der Waals surface area contributed by atoms with Crippen molar-refractivity contribution in [2.24, 2.45) is 11.8 Å². The van der Waals surface area contributed by atoms with Gasteiger partial charge in [-0.1, -0.05) is 27.7 Å². The van der Waals surface area contributed by atoms with Gasteiger partial charge in [0.05, 0.1) is 11.5 Å². The summed E-state index contributed by atoms with van der Waals surface area (Å²) in [6.45, 7) is 7.45. The molecule has 0 aromatic carbocycles. The molecule has 1 saturated heterocycles. The largest absolute Gasteiger partial charge is 0.388 e. The van der Waals surface area contributed by atoms with Crippen molar-refractivity contribution >= 4 is 22.8 Å². The highest BCUT2D eigenvalue weighted by Crippen LogP contribution is 2.34. The van der Waals surface area contributed by atoms with Gasteiger partial charge in [0, 0.05) is 11.8 Å². The smallest absolute Gasteiger partial charge is 0.265 e. The third kappa shape index (κ3) is 3.22. The van der Waals surface area contributed by atoms with Gasteiger partial charge in [-0.15, -0.1) is 0 Å². The van der Waals surface area contributed by atoms with Crippen LogP contribution in [-0.4, -0.2) is 37.8 Å². The quantitative estimate of drug-likeness (QED) is 0.859. The molecule has 3 heterocycles. The number of nitrogens with zero attached hydrogens (tertiary/aromatic N) is 3. The summed E-state index contributed by atoms with van der Waals surface area (Å²) >= 11 is 0. The van der Waals surface area contributed by atoms with E-state index in [0.29, 0.717) is 11.2 Å². The number of amides is 1. The number of fused-ring (bicyclic) bond motifs is 1. The van der Waals surface area contributed by atoms with E-state index in [1.807, 2.05) is 13.8 Å². The van der Waals surface area contributed by atoms with Crippen molar-refractivity contribution < 1.29 is 14.6 Å². The zero-order chi connectivity index (χ0) is 19.0. The minimum absolute atomic E-state index is 0.0701. The Bertz CT molecular complexity index is 879. The lowest BCUT2D eigenvalue weighted by atomic mass is 9.99. The van der Waals surface area contributed by atoms with Crippen molar-refractivity contribution in [1.29, 1.82) is 0 Å². The van der Waals surface area contributed by atoms with Gasteiger partial charge >= 0.3 is 0 Å². The number of carbonyl (C=O) groups is 1. The van der Waals surface area contributed by atoms with E-state index in [-0.39, 0.29) is 35.1 Å². The number of anilines is 1. The SMILES string of the molecule is CC[C@H]1O[C@@H](n2cnc3nc(NC(=O)C(C)C)ccc3c2=O)[C@H](O)[C@@H]1C. The van der Waals surface area contributed by atoms with Crippen LogP contribution in [0.25, 0.3) is 11.0 Å². The van der Waals surface area contributed by atoms with Crippen LogP contribution in [-0.2, 0) is 9.53 Å². The first kappa shape index (κ1) is 18.5. The van der Waals surface area contributed by atoms with E-state index in [4.69, 9.17) is 4.74 Å². The Morgan fingerprint density at radius 1 is 1.42 bits per heavy atom. The number of hydrogen-bond donors (Lipinski definition) is 2. The number of carbonyl (C=O) groups excluding carboxylic acids is 1. The van der Waals surface area contributed by atoms with Gasteiger partial charge in [0.25, 0.3) is 5.56 Å². The van der Waals surface area contributed by atoms with Crippen molar-refractivity contribution in [1.82, 2.24) is 14.5 Å². The summed E-state index contributed by atoms with van der Waals surface area (Å²) in [6.07, 6.45) is 0.438. The first-order valence-corrected chi connectivity index (χ1v) is 8.85. The molecule has 0 radical (unpaired) electrons. The Labute approximate surface area is 151 Å². The minimum atomic E-state index is -0.783. The average Bonchev–Trinajstić information content (AvgIpc) is 2.90. The molecule has 1 aliphatic rings. The molecule has 2 N–H and O–H groups in total. The predicted octanol–water partition coefficient (Wildman–Crippen LogP) is 1.69. The number of hydrogen-bond acceptors (Lipinski definition) is 6. The molecule has 1 aliphatic heterocycles. The molecule has 8 heteroatoms. The Morgan fingerprint density at radius 3 is 2.77 bits per heavy atom. The first-order valence-electron chi connectivity index (χ1n) is 8.85.